The van der Waals surface area contributed by atoms with Crippen molar-refractivity contribution in [2.24, 2.45) is 0 Å². The fourth-order valence-electron chi connectivity index (χ4n) is 3.62. The lowest BCUT2D eigenvalue weighted by molar-refractivity contribution is 0.112. The summed E-state index contributed by atoms with van der Waals surface area (Å²) in [5, 5.41) is 29.9. The van der Waals surface area contributed by atoms with Crippen LogP contribution in [0.4, 0.5) is 0 Å². The Morgan fingerprint density at radius 3 is 2.44 bits per heavy atom. The highest BCUT2D eigenvalue weighted by molar-refractivity contribution is 5.74. The maximum absolute atomic E-state index is 11.0. The van der Waals surface area contributed by atoms with Crippen molar-refractivity contribution in [3.8, 4) is 5.75 Å². The molecular weight excluding hydrogens is 338 g/mol. The Labute approximate surface area is 160 Å². The maximum Gasteiger partial charge on any atom is 0.121 e. The highest BCUT2D eigenvalue weighted by Gasteiger charge is 2.27. The fourth-order valence-corrected chi connectivity index (χ4v) is 3.62. The number of aromatic hydroxyl groups is 1. The Bertz CT molecular complexity index is 846. The van der Waals surface area contributed by atoms with Crippen molar-refractivity contribution in [2.45, 2.75) is 64.0 Å². The summed E-state index contributed by atoms with van der Waals surface area (Å²) in [4.78, 5) is 0. The molecule has 3 aromatic rings. The van der Waals surface area contributed by atoms with E-state index in [1.807, 2.05) is 36.4 Å². The Balaban J connectivity index is 1.82. The monoisotopic (exact) mass is 367 g/mol. The summed E-state index contributed by atoms with van der Waals surface area (Å²) in [6, 6.07) is 14.4. The first-order valence-corrected chi connectivity index (χ1v) is 9.98. The third-order valence-electron chi connectivity index (χ3n) is 5.11. The van der Waals surface area contributed by atoms with Gasteiger partial charge in [-0.2, -0.15) is 0 Å². The predicted molar refractivity (Wildman–Crippen MR) is 108 cm³/mol. The van der Waals surface area contributed by atoms with E-state index < -0.39 is 12.1 Å². The molecule has 0 saturated heterocycles. The SMILES string of the molecule is CCCCCCCCC(O)C(c1ccccc1O)n1nnc2ccccc21. The van der Waals surface area contributed by atoms with Crippen LogP contribution in [0.1, 0.15) is 63.5 Å². The number of aliphatic hydroxyl groups excluding tert-OH is 1. The second-order valence-corrected chi connectivity index (χ2v) is 7.15. The molecule has 2 unspecified atom stereocenters. The van der Waals surface area contributed by atoms with Crippen LogP contribution in [-0.2, 0) is 0 Å². The van der Waals surface area contributed by atoms with E-state index in [-0.39, 0.29) is 5.75 Å². The summed E-state index contributed by atoms with van der Waals surface area (Å²) in [6.45, 7) is 2.21. The lowest BCUT2D eigenvalue weighted by atomic mass is 9.96. The van der Waals surface area contributed by atoms with E-state index in [9.17, 15) is 10.2 Å². The number of nitrogens with zero attached hydrogens (tertiary/aromatic N) is 3. The van der Waals surface area contributed by atoms with Gasteiger partial charge in [0.15, 0.2) is 0 Å². The number of benzene rings is 2. The highest BCUT2D eigenvalue weighted by Crippen LogP contribution is 2.33. The van der Waals surface area contributed by atoms with Gasteiger partial charge < -0.3 is 10.2 Å². The van der Waals surface area contributed by atoms with Crippen molar-refractivity contribution in [1.82, 2.24) is 15.0 Å². The first kappa shape index (κ1) is 19.4. The van der Waals surface area contributed by atoms with Crippen molar-refractivity contribution in [2.75, 3.05) is 0 Å². The zero-order chi connectivity index (χ0) is 19.1. The van der Waals surface area contributed by atoms with Gasteiger partial charge in [-0.1, -0.05) is 81.0 Å². The molecule has 2 aromatic carbocycles. The van der Waals surface area contributed by atoms with Gasteiger partial charge in [-0.25, -0.2) is 4.68 Å². The summed E-state index contributed by atoms with van der Waals surface area (Å²) in [5.41, 5.74) is 2.31. The first-order valence-electron chi connectivity index (χ1n) is 9.98. The van der Waals surface area contributed by atoms with E-state index in [1.165, 1.54) is 25.7 Å². The largest absolute Gasteiger partial charge is 0.508 e. The van der Waals surface area contributed by atoms with Gasteiger partial charge in [-0.05, 0) is 24.6 Å². The van der Waals surface area contributed by atoms with Crippen molar-refractivity contribution < 1.29 is 10.2 Å². The second-order valence-electron chi connectivity index (χ2n) is 7.15. The van der Waals surface area contributed by atoms with Crippen molar-refractivity contribution in [1.29, 1.82) is 0 Å². The molecule has 1 heterocycles. The summed E-state index contributed by atoms with van der Waals surface area (Å²) in [6.07, 6.45) is 7.06. The number of phenolic OH excluding ortho intramolecular Hbond substituents is 1. The van der Waals surface area contributed by atoms with Crippen LogP contribution in [-0.4, -0.2) is 31.3 Å². The third kappa shape index (κ3) is 4.66. The highest BCUT2D eigenvalue weighted by atomic mass is 16.3. The average Bonchev–Trinajstić information content (AvgIpc) is 3.10. The van der Waals surface area contributed by atoms with Gasteiger partial charge in [0.2, 0.25) is 0 Å². The van der Waals surface area contributed by atoms with Crippen molar-refractivity contribution in [3.05, 3.63) is 54.1 Å². The zero-order valence-electron chi connectivity index (χ0n) is 16.0. The minimum absolute atomic E-state index is 0.170. The minimum Gasteiger partial charge on any atom is -0.508 e. The van der Waals surface area contributed by atoms with Gasteiger partial charge in [-0.15, -0.1) is 5.10 Å². The van der Waals surface area contributed by atoms with Gasteiger partial charge >= 0.3 is 0 Å². The second kappa shape index (κ2) is 9.51. The van der Waals surface area contributed by atoms with E-state index in [1.54, 1.807) is 16.8 Å². The summed E-state index contributed by atoms with van der Waals surface area (Å²) >= 11 is 0. The molecule has 0 bridgehead atoms. The number of hydrogen-bond donors (Lipinski definition) is 2. The molecule has 0 amide bonds. The summed E-state index contributed by atoms with van der Waals surface area (Å²) in [5.74, 6) is 0.170. The molecule has 5 nitrogen and oxygen atoms in total. The molecular formula is C22H29N3O2. The Morgan fingerprint density at radius 1 is 0.926 bits per heavy atom. The third-order valence-corrected chi connectivity index (χ3v) is 5.11. The molecule has 1 aromatic heterocycles. The maximum atomic E-state index is 11.0. The number of aliphatic hydroxyl groups is 1. The van der Waals surface area contributed by atoms with Crippen LogP contribution < -0.4 is 0 Å². The van der Waals surface area contributed by atoms with Crippen molar-refractivity contribution >= 4 is 11.0 Å². The molecule has 0 radical (unpaired) electrons. The van der Waals surface area contributed by atoms with E-state index in [0.717, 1.165) is 23.9 Å². The predicted octanol–water partition coefficient (Wildman–Crippen LogP) is 4.84. The van der Waals surface area contributed by atoms with E-state index in [2.05, 4.69) is 17.2 Å². The number of hydrogen-bond acceptors (Lipinski definition) is 4. The number of fused-ring (bicyclic) bond motifs is 1. The van der Waals surface area contributed by atoms with E-state index in [0.29, 0.717) is 12.0 Å². The van der Waals surface area contributed by atoms with Crippen LogP contribution >= 0.6 is 0 Å². The molecule has 0 fully saturated rings. The Kier molecular flexibility index (Phi) is 6.82. The van der Waals surface area contributed by atoms with Crippen LogP contribution in [0.3, 0.4) is 0 Å². The van der Waals surface area contributed by atoms with Crippen molar-refractivity contribution in [3.63, 3.8) is 0 Å². The van der Waals surface area contributed by atoms with E-state index in [4.69, 9.17) is 0 Å². The van der Waals surface area contributed by atoms with E-state index >= 15 is 0 Å². The molecule has 0 aliphatic carbocycles. The van der Waals surface area contributed by atoms with Crippen LogP contribution in [0.2, 0.25) is 0 Å². The first-order chi connectivity index (χ1) is 13.2. The van der Waals surface area contributed by atoms with Gasteiger partial charge in [0.1, 0.15) is 17.3 Å². The number of unbranched alkanes of at least 4 members (excludes halogenated alkanes) is 5. The summed E-state index contributed by atoms with van der Waals surface area (Å²) in [7, 11) is 0. The van der Waals surface area contributed by atoms with Crippen LogP contribution in [0, 0.1) is 0 Å². The molecule has 0 spiro atoms. The fraction of sp³-hybridized carbons (Fsp3) is 0.455. The summed E-state index contributed by atoms with van der Waals surface area (Å²) < 4.78 is 1.74. The number of phenols is 1. The molecule has 2 atom stereocenters. The molecule has 0 aliphatic rings. The standard InChI is InChI=1S/C22H29N3O2/c1-2-3-4-5-6-7-16-21(27)22(17-12-8-11-15-20(17)26)25-19-14-10-9-13-18(19)23-24-25/h8-15,21-22,26-27H,2-7,16H2,1H3. The van der Waals surface area contributed by atoms with Gasteiger partial charge in [-0.3, -0.25) is 0 Å². The molecule has 5 heteroatoms. The molecule has 2 N–H and O–H groups in total. The Morgan fingerprint density at radius 2 is 1.63 bits per heavy atom. The lowest BCUT2D eigenvalue weighted by Gasteiger charge is -2.25. The van der Waals surface area contributed by atoms with Crippen LogP contribution in [0.25, 0.3) is 11.0 Å². The number of aromatic nitrogens is 3. The topological polar surface area (TPSA) is 71.2 Å². The van der Waals surface area contributed by atoms with Gasteiger partial charge in [0.05, 0.1) is 11.6 Å². The quantitative estimate of drug-likeness (QED) is 0.503. The lowest BCUT2D eigenvalue weighted by Crippen LogP contribution is -2.26. The average molecular weight is 367 g/mol. The zero-order valence-corrected chi connectivity index (χ0v) is 16.0. The molecule has 144 valence electrons. The normalized spacial score (nSPS) is 13.7. The smallest absolute Gasteiger partial charge is 0.121 e. The van der Waals surface area contributed by atoms with Gasteiger partial charge in [0, 0.05) is 5.56 Å². The number of rotatable bonds is 10. The molecule has 3 rings (SSSR count). The minimum atomic E-state index is -0.644. The molecule has 27 heavy (non-hydrogen) atoms. The molecule has 0 aliphatic heterocycles. The number of para-hydroxylation sites is 2. The van der Waals surface area contributed by atoms with Crippen LogP contribution in [0.5, 0.6) is 5.75 Å². The van der Waals surface area contributed by atoms with Gasteiger partial charge in [0.25, 0.3) is 0 Å². The van der Waals surface area contributed by atoms with Crippen LogP contribution in [0.15, 0.2) is 48.5 Å². The molecule has 0 saturated carbocycles. The Hall–Kier alpha value is -2.40.